The quantitative estimate of drug-likeness (QED) is 0.554. The fraction of sp³-hybridized carbons (Fsp3) is 1.00. The maximum Gasteiger partial charge on any atom is 0.0226 e. The Morgan fingerprint density at radius 1 is 1.36 bits per heavy atom. The first-order valence-electron chi connectivity index (χ1n) is 4.60. The van der Waals surface area contributed by atoms with Crippen molar-refractivity contribution in [2.75, 3.05) is 5.88 Å². The fourth-order valence-electron chi connectivity index (χ4n) is 1.45. The summed E-state index contributed by atoms with van der Waals surface area (Å²) in [5, 5.41) is 0. The lowest BCUT2D eigenvalue weighted by atomic mass is 9.75. The van der Waals surface area contributed by atoms with Gasteiger partial charge in [-0.3, -0.25) is 0 Å². The molecule has 0 N–H and O–H groups in total. The molecule has 11 heavy (non-hydrogen) atoms. The van der Waals surface area contributed by atoms with Gasteiger partial charge in [0.1, 0.15) is 0 Å². The largest absolute Gasteiger partial charge is 0.127 e. The van der Waals surface area contributed by atoms with Gasteiger partial charge in [0.25, 0.3) is 0 Å². The van der Waals surface area contributed by atoms with Crippen molar-refractivity contribution < 1.29 is 0 Å². The van der Waals surface area contributed by atoms with Gasteiger partial charge in [0.15, 0.2) is 0 Å². The van der Waals surface area contributed by atoms with Crippen molar-refractivity contribution in [2.45, 2.75) is 47.0 Å². The molecule has 1 atom stereocenters. The van der Waals surface area contributed by atoms with E-state index in [0.717, 1.165) is 18.2 Å². The molecule has 0 aliphatic carbocycles. The summed E-state index contributed by atoms with van der Waals surface area (Å²) in [7, 11) is 0. The molecule has 0 saturated carbocycles. The molecule has 0 aliphatic heterocycles. The molecule has 0 aromatic carbocycles. The van der Waals surface area contributed by atoms with Crippen LogP contribution in [-0.4, -0.2) is 5.88 Å². The summed E-state index contributed by atoms with van der Waals surface area (Å²) in [4.78, 5) is 0. The normalized spacial score (nSPS) is 15.0. The predicted molar refractivity (Wildman–Crippen MR) is 53.2 cm³/mol. The van der Waals surface area contributed by atoms with Crippen molar-refractivity contribution in [3.63, 3.8) is 0 Å². The summed E-state index contributed by atoms with van der Waals surface area (Å²) in [5.41, 5.74) is 0.476. The summed E-state index contributed by atoms with van der Waals surface area (Å²) in [6.07, 6.45) is 3.74. The van der Waals surface area contributed by atoms with Crippen LogP contribution < -0.4 is 0 Å². The molecule has 0 aromatic heterocycles. The molecule has 0 aromatic rings. The predicted octanol–water partition coefficient (Wildman–Crippen LogP) is 4.08. The second-order valence-corrected chi connectivity index (χ2v) is 4.50. The van der Waals surface area contributed by atoms with Crippen molar-refractivity contribution in [2.24, 2.45) is 11.3 Å². The average Bonchev–Trinajstić information content (AvgIpc) is 1.88. The minimum absolute atomic E-state index is 0.476. The van der Waals surface area contributed by atoms with Crippen molar-refractivity contribution in [1.82, 2.24) is 0 Å². The molecule has 68 valence electrons. The van der Waals surface area contributed by atoms with Crippen LogP contribution >= 0.6 is 11.6 Å². The highest BCUT2D eigenvalue weighted by Crippen LogP contribution is 2.33. The standard InChI is InChI=1S/C10H21Cl/c1-5-7-10(3,4)9(2)6-8-11/h9H,5-8H2,1-4H3. The third-order valence-electron chi connectivity index (χ3n) is 2.77. The van der Waals surface area contributed by atoms with E-state index in [-0.39, 0.29) is 0 Å². The first kappa shape index (κ1) is 11.3. The van der Waals surface area contributed by atoms with Crippen LogP contribution in [0.4, 0.5) is 0 Å². The van der Waals surface area contributed by atoms with Crippen LogP contribution in [0.5, 0.6) is 0 Å². The van der Waals surface area contributed by atoms with E-state index in [1.165, 1.54) is 12.8 Å². The van der Waals surface area contributed by atoms with Gasteiger partial charge in [0.05, 0.1) is 0 Å². The van der Waals surface area contributed by atoms with Gasteiger partial charge < -0.3 is 0 Å². The van der Waals surface area contributed by atoms with Gasteiger partial charge in [-0.15, -0.1) is 11.6 Å². The van der Waals surface area contributed by atoms with Crippen LogP contribution in [-0.2, 0) is 0 Å². The van der Waals surface area contributed by atoms with Crippen LogP contribution in [0.1, 0.15) is 47.0 Å². The lowest BCUT2D eigenvalue weighted by Gasteiger charge is -2.31. The van der Waals surface area contributed by atoms with Crippen LogP contribution in [0.3, 0.4) is 0 Å². The van der Waals surface area contributed by atoms with Gasteiger partial charge in [0, 0.05) is 5.88 Å². The average molecular weight is 177 g/mol. The summed E-state index contributed by atoms with van der Waals surface area (Å²) >= 11 is 5.70. The van der Waals surface area contributed by atoms with Crippen molar-refractivity contribution in [1.29, 1.82) is 0 Å². The zero-order chi connectivity index (χ0) is 8.91. The van der Waals surface area contributed by atoms with Gasteiger partial charge in [0.2, 0.25) is 0 Å². The van der Waals surface area contributed by atoms with E-state index in [2.05, 4.69) is 27.7 Å². The Hall–Kier alpha value is 0.290. The zero-order valence-corrected chi connectivity index (χ0v) is 9.04. The SMILES string of the molecule is CCCC(C)(C)C(C)CCCl. The Balaban J connectivity index is 3.83. The second kappa shape index (κ2) is 5.03. The molecular formula is C10H21Cl. The molecule has 0 nitrogen and oxygen atoms in total. The molecule has 0 rings (SSSR count). The summed E-state index contributed by atoms with van der Waals surface area (Å²) in [6.45, 7) is 9.23. The Morgan fingerprint density at radius 2 is 1.91 bits per heavy atom. The fourth-order valence-corrected chi connectivity index (χ4v) is 1.77. The molecule has 0 bridgehead atoms. The van der Waals surface area contributed by atoms with E-state index in [0.29, 0.717) is 5.41 Å². The topological polar surface area (TPSA) is 0 Å². The highest BCUT2D eigenvalue weighted by atomic mass is 35.5. The maximum absolute atomic E-state index is 5.70. The van der Waals surface area contributed by atoms with Gasteiger partial charge in [-0.25, -0.2) is 0 Å². The first-order chi connectivity index (χ1) is 5.04. The van der Waals surface area contributed by atoms with E-state index in [1.54, 1.807) is 0 Å². The minimum atomic E-state index is 0.476. The zero-order valence-electron chi connectivity index (χ0n) is 8.28. The van der Waals surface area contributed by atoms with Crippen LogP contribution in [0.15, 0.2) is 0 Å². The van der Waals surface area contributed by atoms with Gasteiger partial charge in [-0.05, 0) is 24.2 Å². The van der Waals surface area contributed by atoms with Crippen molar-refractivity contribution in [3.8, 4) is 0 Å². The third-order valence-corrected chi connectivity index (χ3v) is 2.99. The minimum Gasteiger partial charge on any atom is -0.127 e. The van der Waals surface area contributed by atoms with E-state index < -0.39 is 0 Å². The van der Waals surface area contributed by atoms with E-state index in [1.807, 2.05) is 0 Å². The Morgan fingerprint density at radius 3 is 2.27 bits per heavy atom. The molecule has 0 aliphatic rings. The molecule has 0 amide bonds. The number of hydrogen-bond acceptors (Lipinski definition) is 0. The lowest BCUT2D eigenvalue weighted by molar-refractivity contribution is 0.205. The van der Waals surface area contributed by atoms with Gasteiger partial charge in [-0.1, -0.05) is 34.1 Å². The molecular weight excluding hydrogens is 156 g/mol. The second-order valence-electron chi connectivity index (χ2n) is 4.12. The first-order valence-corrected chi connectivity index (χ1v) is 5.14. The molecule has 1 heteroatoms. The van der Waals surface area contributed by atoms with Crippen LogP contribution in [0.2, 0.25) is 0 Å². The Kier molecular flexibility index (Phi) is 5.16. The highest BCUT2D eigenvalue weighted by Gasteiger charge is 2.23. The lowest BCUT2D eigenvalue weighted by Crippen LogP contribution is -2.21. The number of hydrogen-bond donors (Lipinski definition) is 0. The smallest absolute Gasteiger partial charge is 0.0226 e. The summed E-state index contributed by atoms with van der Waals surface area (Å²) in [6, 6.07) is 0. The molecule has 0 fully saturated rings. The highest BCUT2D eigenvalue weighted by molar-refractivity contribution is 6.17. The van der Waals surface area contributed by atoms with Crippen LogP contribution in [0, 0.1) is 11.3 Å². The van der Waals surface area contributed by atoms with Crippen molar-refractivity contribution >= 4 is 11.6 Å². The summed E-state index contributed by atoms with van der Waals surface area (Å²) < 4.78 is 0. The molecule has 0 heterocycles. The Bertz CT molecular complexity index is 97.0. The maximum atomic E-state index is 5.70. The molecule has 1 unspecified atom stereocenters. The van der Waals surface area contributed by atoms with Crippen LogP contribution in [0.25, 0.3) is 0 Å². The number of rotatable bonds is 5. The number of halogens is 1. The molecule has 0 saturated heterocycles. The van der Waals surface area contributed by atoms with Gasteiger partial charge in [-0.2, -0.15) is 0 Å². The third kappa shape index (κ3) is 4.00. The van der Waals surface area contributed by atoms with Gasteiger partial charge >= 0.3 is 0 Å². The molecule has 0 spiro atoms. The molecule has 0 radical (unpaired) electrons. The monoisotopic (exact) mass is 176 g/mol. The van der Waals surface area contributed by atoms with E-state index >= 15 is 0 Å². The van der Waals surface area contributed by atoms with E-state index in [9.17, 15) is 0 Å². The summed E-state index contributed by atoms with van der Waals surface area (Å²) in [5.74, 6) is 1.55. The van der Waals surface area contributed by atoms with Crippen molar-refractivity contribution in [3.05, 3.63) is 0 Å². The Labute approximate surface area is 76.3 Å². The number of alkyl halides is 1. The van der Waals surface area contributed by atoms with E-state index in [4.69, 9.17) is 11.6 Å².